The molecule has 0 amide bonds. The summed E-state index contributed by atoms with van der Waals surface area (Å²) in [5.74, 6) is -0.913. The molecule has 1 aliphatic rings. The first-order chi connectivity index (χ1) is 7.05. The molecule has 0 spiro atoms. The van der Waals surface area contributed by atoms with Crippen LogP contribution in [0.5, 0.6) is 0 Å². The van der Waals surface area contributed by atoms with Crippen molar-refractivity contribution >= 4 is 0 Å². The van der Waals surface area contributed by atoms with Crippen LogP contribution in [0, 0.1) is 17.0 Å². The first-order valence-corrected chi connectivity index (χ1v) is 5.24. The summed E-state index contributed by atoms with van der Waals surface area (Å²) < 4.78 is 26.8. The molecule has 0 aliphatic heterocycles. The van der Waals surface area contributed by atoms with Gasteiger partial charge < -0.3 is 5.73 Å². The molecule has 0 radical (unpaired) electrons. The number of hydrogen-bond acceptors (Lipinski definition) is 1. The quantitative estimate of drug-likeness (QED) is 0.817. The van der Waals surface area contributed by atoms with E-state index in [0.29, 0.717) is 6.42 Å². The molecule has 1 atom stereocenters. The van der Waals surface area contributed by atoms with Crippen LogP contribution in [0.25, 0.3) is 0 Å². The number of nitrogens with two attached hydrogens (primary N) is 1. The second kappa shape index (κ2) is 3.56. The zero-order valence-corrected chi connectivity index (χ0v) is 8.76. The lowest BCUT2D eigenvalue weighted by atomic mass is 9.90. The topological polar surface area (TPSA) is 26.0 Å². The smallest absolute Gasteiger partial charge is 0.129 e. The van der Waals surface area contributed by atoms with E-state index in [1.807, 2.05) is 6.92 Å². The third-order valence-electron chi connectivity index (χ3n) is 3.45. The summed E-state index contributed by atoms with van der Waals surface area (Å²) in [5.41, 5.74) is 5.96. The fourth-order valence-electron chi connectivity index (χ4n) is 2.01. The molecule has 0 bridgehead atoms. The van der Waals surface area contributed by atoms with E-state index < -0.39 is 11.6 Å². The van der Waals surface area contributed by atoms with E-state index in [9.17, 15) is 8.78 Å². The number of halogens is 2. The highest BCUT2D eigenvalue weighted by Crippen LogP contribution is 2.51. The van der Waals surface area contributed by atoms with Gasteiger partial charge in [0, 0.05) is 11.6 Å². The van der Waals surface area contributed by atoms with Gasteiger partial charge in [-0.05, 0) is 43.7 Å². The summed E-state index contributed by atoms with van der Waals surface area (Å²) in [5, 5.41) is 0. The van der Waals surface area contributed by atoms with Gasteiger partial charge in [0.25, 0.3) is 0 Å². The summed E-state index contributed by atoms with van der Waals surface area (Å²) in [6.07, 6.45) is 2.36. The SMILES string of the molecule is CC(N)C1(Cc2c(F)cccc2F)CC1. The summed E-state index contributed by atoms with van der Waals surface area (Å²) in [6.45, 7) is 1.91. The predicted molar refractivity (Wildman–Crippen MR) is 55.4 cm³/mol. The van der Waals surface area contributed by atoms with Crippen LogP contribution in [-0.2, 0) is 6.42 Å². The van der Waals surface area contributed by atoms with Crippen LogP contribution in [0.1, 0.15) is 25.3 Å². The molecule has 1 fully saturated rings. The molecule has 1 unspecified atom stereocenters. The minimum Gasteiger partial charge on any atom is -0.327 e. The zero-order valence-electron chi connectivity index (χ0n) is 8.76. The fourth-order valence-corrected chi connectivity index (χ4v) is 2.01. The Morgan fingerprint density at radius 1 is 1.33 bits per heavy atom. The van der Waals surface area contributed by atoms with E-state index in [-0.39, 0.29) is 17.0 Å². The van der Waals surface area contributed by atoms with E-state index in [0.717, 1.165) is 12.8 Å². The van der Waals surface area contributed by atoms with Gasteiger partial charge in [-0.3, -0.25) is 0 Å². The molecular formula is C12H15F2N. The Balaban J connectivity index is 2.25. The average Bonchev–Trinajstić information content (AvgIpc) is 2.93. The number of hydrogen-bond donors (Lipinski definition) is 1. The van der Waals surface area contributed by atoms with Crippen molar-refractivity contribution in [3.05, 3.63) is 35.4 Å². The van der Waals surface area contributed by atoms with Crippen molar-refractivity contribution in [2.45, 2.75) is 32.2 Å². The maximum atomic E-state index is 13.4. The fraction of sp³-hybridized carbons (Fsp3) is 0.500. The Bertz CT molecular complexity index is 350. The molecule has 2 N–H and O–H groups in total. The highest BCUT2D eigenvalue weighted by molar-refractivity contribution is 5.23. The molecule has 0 aromatic heterocycles. The van der Waals surface area contributed by atoms with Crippen molar-refractivity contribution in [2.24, 2.45) is 11.1 Å². The summed E-state index contributed by atoms with van der Waals surface area (Å²) in [4.78, 5) is 0. The van der Waals surface area contributed by atoms with Gasteiger partial charge in [-0.25, -0.2) is 8.78 Å². The second-order valence-corrected chi connectivity index (χ2v) is 4.53. The largest absolute Gasteiger partial charge is 0.327 e. The molecule has 1 aromatic rings. The lowest BCUT2D eigenvalue weighted by Crippen LogP contribution is -2.30. The Morgan fingerprint density at radius 2 is 1.87 bits per heavy atom. The monoisotopic (exact) mass is 211 g/mol. The normalized spacial score (nSPS) is 20.0. The van der Waals surface area contributed by atoms with Gasteiger partial charge in [0.1, 0.15) is 11.6 Å². The second-order valence-electron chi connectivity index (χ2n) is 4.53. The van der Waals surface area contributed by atoms with Gasteiger partial charge in [0.2, 0.25) is 0 Å². The van der Waals surface area contributed by atoms with Crippen LogP contribution in [0.2, 0.25) is 0 Å². The molecule has 0 saturated heterocycles. The van der Waals surface area contributed by atoms with E-state index >= 15 is 0 Å². The molecule has 1 saturated carbocycles. The molecule has 1 nitrogen and oxygen atoms in total. The van der Waals surface area contributed by atoms with Gasteiger partial charge in [0.05, 0.1) is 0 Å². The molecule has 1 aliphatic carbocycles. The molecule has 1 aromatic carbocycles. The maximum Gasteiger partial charge on any atom is 0.129 e. The highest BCUT2D eigenvalue weighted by Gasteiger charge is 2.46. The third kappa shape index (κ3) is 1.88. The van der Waals surface area contributed by atoms with Crippen LogP contribution >= 0.6 is 0 Å². The number of benzene rings is 1. The first-order valence-electron chi connectivity index (χ1n) is 5.24. The van der Waals surface area contributed by atoms with Crippen LogP contribution < -0.4 is 5.73 Å². The molecule has 3 heteroatoms. The molecule has 15 heavy (non-hydrogen) atoms. The van der Waals surface area contributed by atoms with Crippen molar-refractivity contribution in [3.63, 3.8) is 0 Å². The van der Waals surface area contributed by atoms with E-state index in [1.165, 1.54) is 18.2 Å². The van der Waals surface area contributed by atoms with Crippen molar-refractivity contribution in [3.8, 4) is 0 Å². The van der Waals surface area contributed by atoms with Gasteiger partial charge in [0.15, 0.2) is 0 Å². The van der Waals surface area contributed by atoms with Crippen LogP contribution in [-0.4, -0.2) is 6.04 Å². The zero-order chi connectivity index (χ0) is 11.1. The number of rotatable bonds is 3. The Kier molecular flexibility index (Phi) is 2.51. The molecular weight excluding hydrogens is 196 g/mol. The molecule has 82 valence electrons. The van der Waals surface area contributed by atoms with E-state index in [2.05, 4.69) is 0 Å². The van der Waals surface area contributed by atoms with Crippen LogP contribution in [0.15, 0.2) is 18.2 Å². The predicted octanol–water partition coefficient (Wildman–Crippen LogP) is 2.63. The van der Waals surface area contributed by atoms with Gasteiger partial charge >= 0.3 is 0 Å². The summed E-state index contributed by atoms with van der Waals surface area (Å²) in [6, 6.07) is 3.99. The van der Waals surface area contributed by atoms with Crippen LogP contribution in [0.4, 0.5) is 8.78 Å². The average molecular weight is 211 g/mol. The van der Waals surface area contributed by atoms with E-state index in [4.69, 9.17) is 5.73 Å². The summed E-state index contributed by atoms with van der Waals surface area (Å²) >= 11 is 0. The van der Waals surface area contributed by atoms with Gasteiger partial charge in [-0.1, -0.05) is 6.07 Å². The highest BCUT2D eigenvalue weighted by atomic mass is 19.1. The van der Waals surface area contributed by atoms with Crippen molar-refractivity contribution in [1.29, 1.82) is 0 Å². The lowest BCUT2D eigenvalue weighted by Gasteiger charge is -2.20. The Morgan fingerprint density at radius 3 is 2.27 bits per heavy atom. The minimum atomic E-state index is -0.457. The standard InChI is InChI=1S/C12H15F2N/c1-8(15)12(5-6-12)7-9-10(13)3-2-4-11(9)14/h2-4,8H,5-7,15H2,1H3. The van der Waals surface area contributed by atoms with Crippen LogP contribution in [0.3, 0.4) is 0 Å². The van der Waals surface area contributed by atoms with E-state index in [1.54, 1.807) is 0 Å². The third-order valence-corrected chi connectivity index (χ3v) is 3.45. The minimum absolute atomic E-state index is 0.00324. The van der Waals surface area contributed by atoms with Crippen molar-refractivity contribution in [2.75, 3.05) is 0 Å². The Labute approximate surface area is 88.3 Å². The first kappa shape index (κ1) is 10.6. The van der Waals surface area contributed by atoms with Crippen molar-refractivity contribution in [1.82, 2.24) is 0 Å². The Hall–Kier alpha value is -0.960. The maximum absolute atomic E-state index is 13.4. The lowest BCUT2D eigenvalue weighted by molar-refractivity contribution is 0.400. The molecule has 0 heterocycles. The van der Waals surface area contributed by atoms with Crippen molar-refractivity contribution < 1.29 is 8.78 Å². The summed E-state index contributed by atoms with van der Waals surface area (Å²) in [7, 11) is 0. The molecule has 2 rings (SSSR count). The van der Waals surface area contributed by atoms with Gasteiger partial charge in [-0.15, -0.1) is 0 Å². The van der Waals surface area contributed by atoms with Gasteiger partial charge in [-0.2, -0.15) is 0 Å².